The molecule has 0 aliphatic carbocycles. The van der Waals surface area contributed by atoms with Crippen molar-refractivity contribution in [2.75, 3.05) is 19.8 Å². The van der Waals surface area contributed by atoms with Gasteiger partial charge in [-0.2, -0.15) is 0 Å². The maximum atomic E-state index is 5.54. The van der Waals surface area contributed by atoms with Crippen LogP contribution in [0.25, 0.3) is 11.0 Å². The molecule has 1 N–H and O–H groups in total. The molecule has 1 aliphatic heterocycles. The third-order valence-corrected chi connectivity index (χ3v) is 3.73. The van der Waals surface area contributed by atoms with Crippen molar-refractivity contribution in [3.63, 3.8) is 0 Å². The maximum absolute atomic E-state index is 5.54. The molecule has 19 heavy (non-hydrogen) atoms. The van der Waals surface area contributed by atoms with Gasteiger partial charge in [-0.25, -0.2) is 0 Å². The SMILES string of the molecule is CCNC(c1cccc2nccnc12)C1CCOC1. The van der Waals surface area contributed by atoms with Gasteiger partial charge in [0.05, 0.1) is 17.6 Å². The summed E-state index contributed by atoms with van der Waals surface area (Å²) in [6.45, 7) is 4.77. The summed E-state index contributed by atoms with van der Waals surface area (Å²) in [5, 5.41) is 3.59. The highest BCUT2D eigenvalue weighted by molar-refractivity contribution is 5.78. The first-order valence-electron chi connectivity index (χ1n) is 6.91. The fourth-order valence-electron chi connectivity index (χ4n) is 2.83. The molecular formula is C15H19N3O. The van der Waals surface area contributed by atoms with Crippen LogP contribution in [0.3, 0.4) is 0 Å². The molecule has 2 heterocycles. The van der Waals surface area contributed by atoms with Gasteiger partial charge in [0.1, 0.15) is 0 Å². The van der Waals surface area contributed by atoms with Crippen molar-refractivity contribution in [3.8, 4) is 0 Å². The molecule has 0 spiro atoms. The van der Waals surface area contributed by atoms with Gasteiger partial charge in [-0.15, -0.1) is 0 Å². The zero-order chi connectivity index (χ0) is 13.1. The lowest BCUT2D eigenvalue weighted by Gasteiger charge is -2.24. The lowest BCUT2D eigenvalue weighted by Crippen LogP contribution is -2.29. The Bertz CT molecular complexity index is 547. The minimum absolute atomic E-state index is 0.299. The largest absolute Gasteiger partial charge is 0.381 e. The molecule has 1 aliphatic rings. The van der Waals surface area contributed by atoms with Crippen LogP contribution in [0.2, 0.25) is 0 Å². The smallest absolute Gasteiger partial charge is 0.0934 e. The molecule has 3 rings (SSSR count). The fraction of sp³-hybridized carbons (Fsp3) is 0.467. The minimum atomic E-state index is 0.299. The lowest BCUT2D eigenvalue weighted by molar-refractivity contribution is 0.177. The molecule has 1 aromatic heterocycles. The topological polar surface area (TPSA) is 47.0 Å². The summed E-state index contributed by atoms with van der Waals surface area (Å²) in [5.74, 6) is 0.521. The standard InChI is InChI=1S/C15H19N3O/c1-2-16-14(11-6-9-19-10-11)12-4-3-5-13-15(12)18-8-7-17-13/h3-5,7-8,11,14,16H,2,6,9-10H2,1H3. The number of rotatable bonds is 4. The molecule has 2 aromatic rings. The predicted molar refractivity (Wildman–Crippen MR) is 74.9 cm³/mol. The Balaban J connectivity index is 2.03. The van der Waals surface area contributed by atoms with Gasteiger partial charge in [-0.1, -0.05) is 19.1 Å². The van der Waals surface area contributed by atoms with Crippen LogP contribution in [0.4, 0.5) is 0 Å². The van der Waals surface area contributed by atoms with E-state index in [1.165, 1.54) is 5.56 Å². The summed E-state index contributed by atoms with van der Waals surface area (Å²) >= 11 is 0. The number of para-hydroxylation sites is 1. The fourth-order valence-corrected chi connectivity index (χ4v) is 2.83. The van der Waals surface area contributed by atoms with Crippen molar-refractivity contribution in [3.05, 3.63) is 36.2 Å². The summed E-state index contributed by atoms with van der Waals surface area (Å²) < 4.78 is 5.54. The van der Waals surface area contributed by atoms with Crippen LogP contribution in [-0.4, -0.2) is 29.7 Å². The Morgan fingerprint density at radius 2 is 2.26 bits per heavy atom. The van der Waals surface area contributed by atoms with E-state index in [-0.39, 0.29) is 0 Å². The molecule has 2 unspecified atom stereocenters. The van der Waals surface area contributed by atoms with E-state index in [4.69, 9.17) is 4.74 Å². The Morgan fingerprint density at radius 3 is 3.05 bits per heavy atom. The molecule has 0 bridgehead atoms. The number of aromatic nitrogens is 2. The second kappa shape index (κ2) is 5.63. The van der Waals surface area contributed by atoms with Gasteiger partial charge in [0, 0.05) is 31.0 Å². The van der Waals surface area contributed by atoms with Gasteiger partial charge < -0.3 is 10.1 Å². The first-order valence-corrected chi connectivity index (χ1v) is 6.91. The number of hydrogen-bond donors (Lipinski definition) is 1. The van der Waals surface area contributed by atoms with Crippen LogP contribution < -0.4 is 5.32 Å². The molecule has 0 amide bonds. The summed E-state index contributed by atoms with van der Waals surface area (Å²) in [6.07, 6.45) is 4.61. The number of nitrogens with zero attached hydrogens (tertiary/aromatic N) is 2. The predicted octanol–water partition coefficient (Wildman–Crippen LogP) is 2.32. The molecule has 4 nitrogen and oxygen atoms in total. The van der Waals surface area contributed by atoms with E-state index in [0.717, 1.165) is 37.2 Å². The molecule has 100 valence electrons. The monoisotopic (exact) mass is 257 g/mol. The van der Waals surface area contributed by atoms with Crippen LogP contribution in [0.5, 0.6) is 0 Å². The van der Waals surface area contributed by atoms with E-state index in [9.17, 15) is 0 Å². The van der Waals surface area contributed by atoms with E-state index in [1.54, 1.807) is 12.4 Å². The quantitative estimate of drug-likeness (QED) is 0.913. The Kier molecular flexibility index (Phi) is 3.71. The third-order valence-electron chi connectivity index (χ3n) is 3.73. The van der Waals surface area contributed by atoms with Gasteiger partial charge in [0.2, 0.25) is 0 Å². The first-order chi connectivity index (χ1) is 9.40. The first kappa shape index (κ1) is 12.5. The third kappa shape index (κ3) is 2.46. The second-order valence-corrected chi connectivity index (χ2v) is 4.93. The zero-order valence-electron chi connectivity index (χ0n) is 11.2. The number of nitrogens with one attached hydrogen (secondary N) is 1. The van der Waals surface area contributed by atoms with Crippen LogP contribution >= 0.6 is 0 Å². The van der Waals surface area contributed by atoms with Crippen molar-refractivity contribution in [1.29, 1.82) is 0 Å². The zero-order valence-corrected chi connectivity index (χ0v) is 11.2. The highest BCUT2D eigenvalue weighted by Crippen LogP contribution is 2.31. The Morgan fingerprint density at radius 1 is 1.37 bits per heavy atom. The average molecular weight is 257 g/mol. The van der Waals surface area contributed by atoms with E-state index in [2.05, 4.69) is 34.3 Å². The van der Waals surface area contributed by atoms with E-state index >= 15 is 0 Å². The highest BCUT2D eigenvalue weighted by atomic mass is 16.5. The van der Waals surface area contributed by atoms with E-state index in [1.807, 2.05) is 6.07 Å². The molecule has 2 atom stereocenters. The van der Waals surface area contributed by atoms with Crippen molar-refractivity contribution in [2.24, 2.45) is 5.92 Å². The van der Waals surface area contributed by atoms with Gasteiger partial charge in [-0.05, 0) is 24.6 Å². The van der Waals surface area contributed by atoms with E-state index in [0.29, 0.717) is 12.0 Å². The van der Waals surface area contributed by atoms with Crippen molar-refractivity contribution >= 4 is 11.0 Å². The summed E-state index contributed by atoms with van der Waals surface area (Å²) in [4.78, 5) is 8.90. The van der Waals surface area contributed by atoms with Crippen molar-refractivity contribution in [2.45, 2.75) is 19.4 Å². The van der Waals surface area contributed by atoms with Gasteiger partial charge in [-0.3, -0.25) is 9.97 Å². The van der Waals surface area contributed by atoms with Gasteiger partial charge in [0.25, 0.3) is 0 Å². The number of hydrogen-bond acceptors (Lipinski definition) is 4. The molecule has 1 fully saturated rings. The summed E-state index contributed by atoms with van der Waals surface area (Å²) in [5.41, 5.74) is 3.20. The second-order valence-electron chi connectivity index (χ2n) is 4.93. The molecule has 4 heteroatoms. The highest BCUT2D eigenvalue weighted by Gasteiger charge is 2.27. The normalized spacial score (nSPS) is 20.8. The van der Waals surface area contributed by atoms with Crippen LogP contribution in [0.1, 0.15) is 24.9 Å². The Hall–Kier alpha value is -1.52. The summed E-state index contributed by atoms with van der Waals surface area (Å²) in [7, 11) is 0. The van der Waals surface area contributed by atoms with Crippen molar-refractivity contribution in [1.82, 2.24) is 15.3 Å². The number of ether oxygens (including phenoxy) is 1. The number of benzene rings is 1. The molecular weight excluding hydrogens is 238 g/mol. The lowest BCUT2D eigenvalue weighted by atomic mass is 9.91. The van der Waals surface area contributed by atoms with Crippen LogP contribution in [-0.2, 0) is 4.74 Å². The average Bonchev–Trinajstić information content (AvgIpc) is 2.98. The molecule has 0 radical (unpaired) electrons. The number of fused-ring (bicyclic) bond motifs is 1. The van der Waals surface area contributed by atoms with Gasteiger partial charge >= 0.3 is 0 Å². The van der Waals surface area contributed by atoms with Crippen LogP contribution in [0, 0.1) is 5.92 Å². The molecule has 0 saturated carbocycles. The van der Waals surface area contributed by atoms with E-state index < -0.39 is 0 Å². The van der Waals surface area contributed by atoms with Crippen molar-refractivity contribution < 1.29 is 4.74 Å². The summed E-state index contributed by atoms with van der Waals surface area (Å²) in [6, 6.07) is 6.53. The molecule has 1 aromatic carbocycles. The maximum Gasteiger partial charge on any atom is 0.0934 e. The van der Waals surface area contributed by atoms with Gasteiger partial charge in [0.15, 0.2) is 0 Å². The Labute approximate surface area is 113 Å². The minimum Gasteiger partial charge on any atom is -0.381 e. The molecule has 1 saturated heterocycles. The van der Waals surface area contributed by atoms with Crippen LogP contribution in [0.15, 0.2) is 30.6 Å².